The summed E-state index contributed by atoms with van der Waals surface area (Å²) in [5.41, 5.74) is 0.710. The van der Waals surface area contributed by atoms with E-state index in [1.165, 1.54) is 16.8 Å². The monoisotopic (exact) mass is 400 g/mol. The number of anilines is 1. The van der Waals surface area contributed by atoms with Crippen LogP contribution in [0.4, 0.5) is 5.69 Å². The number of carbonyl (C=O) groups excluding carboxylic acids is 1. The first-order chi connectivity index (χ1) is 13.1. The zero-order valence-electron chi connectivity index (χ0n) is 15.7. The Morgan fingerprint density at radius 1 is 1.50 bits per heavy atom. The van der Waals surface area contributed by atoms with E-state index in [0.29, 0.717) is 11.3 Å². The second kappa shape index (κ2) is 6.82. The molecule has 0 saturated heterocycles. The number of amides is 1. The quantitative estimate of drug-likeness (QED) is 0.766. The lowest BCUT2D eigenvalue weighted by molar-refractivity contribution is 0.101. The van der Waals surface area contributed by atoms with Gasteiger partial charge in [0.2, 0.25) is 10.0 Å². The molecule has 2 heterocycles. The number of rotatable bonds is 3. The topological polar surface area (TPSA) is 113 Å². The summed E-state index contributed by atoms with van der Waals surface area (Å²) in [7, 11) is -2.35. The van der Waals surface area contributed by atoms with Crippen LogP contribution in [0.5, 0.6) is 5.75 Å². The molecule has 1 amide bonds. The van der Waals surface area contributed by atoms with Crippen molar-refractivity contribution < 1.29 is 17.9 Å². The maximum atomic E-state index is 12.9. The van der Waals surface area contributed by atoms with Gasteiger partial charge in [-0.1, -0.05) is 12.1 Å². The van der Waals surface area contributed by atoms with Crippen molar-refractivity contribution >= 4 is 21.6 Å². The second-order valence-electron chi connectivity index (χ2n) is 6.89. The Morgan fingerprint density at radius 3 is 2.86 bits per heavy atom. The molecule has 0 spiro atoms. The predicted molar refractivity (Wildman–Crippen MR) is 104 cm³/mol. The van der Waals surface area contributed by atoms with E-state index in [0.717, 1.165) is 5.56 Å². The Balaban J connectivity index is 2.01. The smallest absolute Gasteiger partial charge is 0.276 e. The molecular weight excluding hydrogens is 380 g/mol. The van der Waals surface area contributed by atoms with Gasteiger partial charge in [-0.2, -0.15) is 9.98 Å². The molecule has 0 radical (unpaired) electrons. The number of ether oxygens (including phenoxy) is 1. The summed E-state index contributed by atoms with van der Waals surface area (Å²) in [6, 6.07) is 7.01. The summed E-state index contributed by atoms with van der Waals surface area (Å²) in [5, 5.41) is 11.8. The van der Waals surface area contributed by atoms with E-state index in [1.54, 1.807) is 39.1 Å². The SMILES string of the molecule is C=C[C@@]1(C)COc2c(cn(C)c2C(=O)Nc2ccc(C)c(C#N)c2)S(=O)(=O)N1. The van der Waals surface area contributed by atoms with Crippen LogP contribution in [0.1, 0.15) is 28.5 Å². The number of benzene rings is 1. The van der Waals surface area contributed by atoms with Crippen LogP contribution in [-0.2, 0) is 17.1 Å². The number of aromatic nitrogens is 1. The van der Waals surface area contributed by atoms with E-state index in [2.05, 4.69) is 22.7 Å². The Kier molecular flexibility index (Phi) is 4.79. The van der Waals surface area contributed by atoms with Gasteiger partial charge in [-0.05, 0) is 31.5 Å². The predicted octanol–water partition coefficient (Wildman–Crippen LogP) is 2.07. The van der Waals surface area contributed by atoms with Gasteiger partial charge in [-0.25, -0.2) is 8.42 Å². The average Bonchev–Trinajstić information content (AvgIpc) is 2.94. The lowest BCUT2D eigenvalue weighted by atomic mass is 10.1. The number of nitrogens with zero attached hydrogens (tertiary/aromatic N) is 2. The highest BCUT2D eigenvalue weighted by Crippen LogP contribution is 2.34. The van der Waals surface area contributed by atoms with Crippen molar-refractivity contribution in [1.29, 1.82) is 5.26 Å². The van der Waals surface area contributed by atoms with Gasteiger partial charge in [0, 0.05) is 18.9 Å². The molecule has 1 atom stereocenters. The highest BCUT2D eigenvalue weighted by atomic mass is 32.2. The minimum atomic E-state index is -3.91. The van der Waals surface area contributed by atoms with E-state index < -0.39 is 21.5 Å². The van der Waals surface area contributed by atoms with Crippen LogP contribution in [-0.4, -0.2) is 31.0 Å². The van der Waals surface area contributed by atoms with Gasteiger partial charge in [-0.3, -0.25) is 4.79 Å². The minimum absolute atomic E-state index is 0.0177. The lowest BCUT2D eigenvalue weighted by Crippen LogP contribution is -2.46. The Hall–Kier alpha value is -3.09. The van der Waals surface area contributed by atoms with E-state index in [9.17, 15) is 13.2 Å². The molecule has 2 aromatic rings. The number of hydrogen-bond acceptors (Lipinski definition) is 5. The standard InChI is InChI=1S/C19H20N4O4S/c1-5-19(3)11-27-17-15(28(25,26)22-19)10-23(4)16(17)18(24)21-14-7-6-12(2)13(8-14)9-20/h5-8,10,22H,1,11H2,2-4H3,(H,21,24)/t19-/m0/s1. The molecule has 0 aliphatic carbocycles. The van der Waals surface area contributed by atoms with E-state index in [4.69, 9.17) is 10.00 Å². The summed E-state index contributed by atoms with van der Waals surface area (Å²) >= 11 is 0. The molecular formula is C19H20N4O4S. The van der Waals surface area contributed by atoms with Crippen LogP contribution in [0.2, 0.25) is 0 Å². The number of sulfonamides is 1. The van der Waals surface area contributed by atoms with Crippen LogP contribution >= 0.6 is 0 Å². The summed E-state index contributed by atoms with van der Waals surface area (Å²) in [6.45, 7) is 7.06. The Bertz CT molecular complexity index is 1130. The molecule has 8 nitrogen and oxygen atoms in total. The first-order valence-corrected chi connectivity index (χ1v) is 9.90. The van der Waals surface area contributed by atoms with Gasteiger partial charge < -0.3 is 14.6 Å². The van der Waals surface area contributed by atoms with Crippen molar-refractivity contribution in [3.05, 3.63) is 53.9 Å². The van der Waals surface area contributed by atoms with Crippen LogP contribution < -0.4 is 14.8 Å². The van der Waals surface area contributed by atoms with Crippen molar-refractivity contribution in [2.45, 2.75) is 24.3 Å². The third kappa shape index (κ3) is 3.40. The molecule has 0 bridgehead atoms. The molecule has 2 N–H and O–H groups in total. The van der Waals surface area contributed by atoms with Gasteiger partial charge in [-0.15, -0.1) is 6.58 Å². The summed E-state index contributed by atoms with van der Waals surface area (Å²) in [4.78, 5) is 12.8. The zero-order valence-corrected chi connectivity index (χ0v) is 16.6. The van der Waals surface area contributed by atoms with Crippen molar-refractivity contribution in [1.82, 2.24) is 9.29 Å². The highest BCUT2D eigenvalue weighted by molar-refractivity contribution is 7.89. The van der Waals surface area contributed by atoms with E-state index in [-0.39, 0.29) is 22.9 Å². The average molecular weight is 400 g/mol. The molecule has 0 fully saturated rings. The molecule has 0 saturated carbocycles. The molecule has 9 heteroatoms. The number of nitrogens with one attached hydrogen (secondary N) is 2. The van der Waals surface area contributed by atoms with Crippen molar-refractivity contribution in [2.75, 3.05) is 11.9 Å². The molecule has 146 valence electrons. The fourth-order valence-electron chi connectivity index (χ4n) is 2.89. The zero-order chi connectivity index (χ0) is 20.7. The minimum Gasteiger partial charge on any atom is -0.487 e. The van der Waals surface area contributed by atoms with Gasteiger partial charge in [0.05, 0.1) is 17.2 Å². The van der Waals surface area contributed by atoms with Gasteiger partial charge in [0.25, 0.3) is 5.91 Å². The first-order valence-electron chi connectivity index (χ1n) is 8.42. The van der Waals surface area contributed by atoms with Crippen molar-refractivity contribution in [3.8, 4) is 11.8 Å². The number of hydrogen-bond donors (Lipinski definition) is 2. The van der Waals surface area contributed by atoms with Gasteiger partial charge in [0.1, 0.15) is 11.5 Å². The maximum Gasteiger partial charge on any atom is 0.276 e. The fraction of sp³-hybridized carbons (Fsp3) is 0.263. The fourth-order valence-corrected chi connectivity index (χ4v) is 4.46. The third-order valence-corrected chi connectivity index (χ3v) is 6.16. The van der Waals surface area contributed by atoms with Crippen LogP contribution in [0, 0.1) is 18.3 Å². The normalized spacial score (nSPS) is 20.2. The number of carbonyl (C=O) groups is 1. The van der Waals surface area contributed by atoms with Crippen LogP contribution in [0.25, 0.3) is 0 Å². The Labute approximate surface area is 163 Å². The molecule has 28 heavy (non-hydrogen) atoms. The maximum absolute atomic E-state index is 12.9. The second-order valence-corrected chi connectivity index (χ2v) is 8.54. The molecule has 1 aliphatic rings. The van der Waals surface area contributed by atoms with Crippen LogP contribution in [0.15, 0.2) is 41.9 Å². The van der Waals surface area contributed by atoms with E-state index in [1.807, 2.05) is 0 Å². The number of nitriles is 1. The summed E-state index contributed by atoms with van der Waals surface area (Å²) in [5.74, 6) is -0.570. The lowest BCUT2D eigenvalue weighted by Gasteiger charge is -2.23. The highest BCUT2D eigenvalue weighted by Gasteiger charge is 2.38. The van der Waals surface area contributed by atoms with Crippen LogP contribution in [0.3, 0.4) is 0 Å². The number of aryl methyl sites for hydroxylation is 2. The summed E-state index contributed by atoms with van der Waals surface area (Å²) < 4.78 is 35.1. The van der Waals surface area contributed by atoms with Crippen molar-refractivity contribution in [2.24, 2.45) is 7.05 Å². The van der Waals surface area contributed by atoms with E-state index >= 15 is 0 Å². The molecule has 0 unspecified atom stereocenters. The number of fused-ring (bicyclic) bond motifs is 1. The molecule has 1 aromatic heterocycles. The first kappa shape index (κ1) is 19.7. The third-order valence-electron chi connectivity index (χ3n) is 4.56. The molecule has 1 aliphatic heterocycles. The van der Waals surface area contributed by atoms with Crippen molar-refractivity contribution in [3.63, 3.8) is 0 Å². The summed E-state index contributed by atoms with van der Waals surface area (Å²) in [6.07, 6.45) is 2.78. The van der Waals surface area contributed by atoms with Gasteiger partial charge in [0.15, 0.2) is 11.4 Å². The largest absolute Gasteiger partial charge is 0.487 e. The molecule has 1 aromatic carbocycles. The van der Waals surface area contributed by atoms with Gasteiger partial charge >= 0.3 is 0 Å². The molecule has 3 rings (SSSR count). The Morgan fingerprint density at radius 2 is 2.21 bits per heavy atom.